The number of nitrogens with one attached hydrogen (secondary N) is 1. The maximum atomic E-state index is 14.2. The molecule has 3 aromatic carbocycles. The molecule has 0 aromatic heterocycles. The van der Waals surface area contributed by atoms with Gasteiger partial charge >= 0.3 is 0 Å². The molecule has 1 atom stereocenters. The molecule has 0 spiro atoms. The van der Waals surface area contributed by atoms with Crippen LogP contribution in [0, 0.1) is 0 Å². The van der Waals surface area contributed by atoms with E-state index in [1.807, 2.05) is 0 Å². The Bertz CT molecular complexity index is 1580. The van der Waals surface area contributed by atoms with Crippen LogP contribution in [-0.2, 0) is 26.2 Å². The van der Waals surface area contributed by atoms with Gasteiger partial charge in [-0.25, -0.2) is 8.42 Å². The van der Waals surface area contributed by atoms with Crippen molar-refractivity contribution >= 4 is 50.7 Å². The largest absolute Gasteiger partial charge is 0.486 e. The molecule has 3 aromatic rings. The molecule has 1 saturated carbocycles. The number of amides is 2. The van der Waals surface area contributed by atoms with Crippen LogP contribution < -0.4 is 19.1 Å². The number of sulfonamides is 1. The van der Waals surface area contributed by atoms with Crippen molar-refractivity contribution in [3.8, 4) is 11.5 Å². The second kappa shape index (κ2) is 13.4. The van der Waals surface area contributed by atoms with E-state index in [0.717, 1.165) is 30.0 Å². The third-order valence-corrected chi connectivity index (χ3v) is 10.2. The van der Waals surface area contributed by atoms with Crippen molar-refractivity contribution in [1.82, 2.24) is 10.2 Å². The maximum Gasteiger partial charge on any atom is 0.264 e. The molecule has 1 heterocycles. The number of rotatable bonds is 10. The van der Waals surface area contributed by atoms with Crippen LogP contribution in [0.2, 0.25) is 10.0 Å². The van der Waals surface area contributed by atoms with Crippen LogP contribution in [0.25, 0.3) is 0 Å². The van der Waals surface area contributed by atoms with Gasteiger partial charge in [-0.3, -0.25) is 13.9 Å². The molecule has 12 heteroatoms. The van der Waals surface area contributed by atoms with Gasteiger partial charge in [0.05, 0.1) is 20.6 Å². The van der Waals surface area contributed by atoms with Gasteiger partial charge in [0.1, 0.15) is 25.8 Å². The normalized spacial score (nSPS) is 15.5. The molecule has 0 unspecified atom stereocenters. The summed E-state index contributed by atoms with van der Waals surface area (Å²) in [6, 6.07) is 16.7. The first-order chi connectivity index (χ1) is 20.6. The lowest BCUT2D eigenvalue weighted by Gasteiger charge is -2.33. The molecular formula is C31H33Cl2N3O6S. The molecule has 0 saturated heterocycles. The number of carbonyl (C=O) groups is 2. The lowest BCUT2D eigenvalue weighted by Crippen LogP contribution is -2.52. The van der Waals surface area contributed by atoms with Crippen molar-refractivity contribution < 1.29 is 27.5 Å². The minimum atomic E-state index is -4.21. The fourth-order valence-corrected chi connectivity index (χ4v) is 6.99. The molecule has 1 fully saturated rings. The molecule has 43 heavy (non-hydrogen) atoms. The van der Waals surface area contributed by atoms with Gasteiger partial charge in [0.2, 0.25) is 11.8 Å². The monoisotopic (exact) mass is 645 g/mol. The summed E-state index contributed by atoms with van der Waals surface area (Å²) < 4.78 is 40.4. The average molecular weight is 647 g/mol. The van der Waals surface area contributed by atoms with Crippen LogP contribution in [-0.4, -0.2) is 57.0 Å². The molecule has 228 valence electrons. The number of carbonyl (C=O) groups excluding carboxylic acids is 2. The molecule has 0 radical (unpaired) electrons. The molecular weight excluding hydrogens is 613 g/mol. The average Bonchev–Trinajstić information content (AvgIpc) is 3.53. The van der Waals surface area contributed by atoms with Gasteiger partial charge in [0.15, 0.2) is 11.5 Å². The Morgan fingerprint density at radius 2 is 1.63 bits per heavy atom. The number of hydrogen-bond acceptors (Lipinski definition) is 6. The zero-order valence-corrected chi connectivity index (χ0v) is 26.0. The Hall–Kier alpha value is -3.47. The van der Waals surface area contributed by atoms with Crippen molar-refractivity contribution in [2.24, 2.45) is 0 Å². The summed E-state index contributed by atoms with van der Waals surface area (Å²) in [7, 11) is -4.21. The Kier molecular flexibility index (Phi) is 9.68. The van der Waals surface area contributed by atoms with Crippen molar-refractivity contribution in [1.29, 1.82) is 0 Å². The van der Waals surface area contributed by atoms with Crippen molar-refractivity contribution in [3.63, 3.8) is 0 Å². The third kappa shape index (κ3) is 7.20. The van der Waals surface area contributed by atoms with E-state index in [4.69, 9.17) is 32.7 Å². The molecule has 5 rings (SSSR count). The second-order valence-corrected chi connectivity index (χ2v) is 13.3. The molecule has 1 aliphatic carbocycles. The highest BCUT2D eigenvalue weighted by molar-refractivity contribution is 7.92. The van der Waals surface area contributed by atoms with Gasteiger partial charge in [0.25, 0.3) is 10.0 Å². The quantitative estimate of drug-likeness (QED) is 0.315. The first-order valence-electron chi connectivity index (χ1n) is 14.1. The van der Waals surface area contributed by atoms with Crippen molar-refractivity contribution in [3.05, 3.63) is 82.3 Å². The molecule has 1 aliphatic heterocycles. The highest BCUT2D eigenvalue weighted by atomic mass is 35.5. The number of fused-ring (bicyclic) bond motifs is 1. The van der Waals surface area contributed by atoms with Crippen molar-refractivity contribution in [2.75, 3.05) is 24.1 Å². The number of hydrogen-bond donors (Lipinski definition) is 1. The summed E-state index contributed by atoms with van der Waals surface area (Å²) in [5, 5.41) is 3.71. The number of anilines is 1. The van der Waals surface area contributed by atoms with Crippen LogP contribution >= 0.6 is 23.2 Å². The van der Waals surface area contributed by atoms with E-state index in [0.29, 0.717) is 40.3 Å². The first-order valence-corrected chi connectivity index (χ1v) is 16.3. The van der Waals surface area contributed by atoms with Gasteiger partial charge in [-0.2, -0.15) is 0 Å². The van der Waals surface area contributed by atoms with Gasteiger partial charge < -0.3 is 19.7 Å². The summed E-state index contributed by atoms with van der Waals surface area (Å²) in [6.45, 7) is 1.77. The number of nitrogens with zero attached hydrogens (tertiary/aromatic N) is 2. The fourth-order valence-electron chi connectivity index (χ4n) is 5.24. The Morgan fingerprint density at radius 1 is 0.930 bits per heavy atom. The van der Waals surface area contributed by atoms with Crippen LogP contribution in [0.1, 0.15) is 38.2 Å². The van der Waals surface area contributed by atoms with E-state index in [2.05, 4.69) is 5.32 Å². The van der Waals surface area contributed by atoms with Gasteiger partial charge in [-0.15, -0.1) is 0 Å². The molecule has 2 aliphatic rings. The fraction of sp³-hybridized carbons (Fsp3) is 0.355. The zero-order valence-electron chi connectivity index (χ0n) is 23.7. The summed E-state index contributed by atoms with van der Waals surface area (Å²) in [5.74, 6) is -0.0232. The van der Waals surface area contributed by atoms with E-state index < -0.39 is 28.5 Å². The number of benzene rings is 3. The first kappa shape index (κ1) is 31.0. The third-order valence-electron chi connectivity index (χ3n) is 7.63. The molecule has 1 N–H and O–H groups in total. The molecule has 2 amide bonds. The van der Waals surface area contributed by atoms with Gasteiger partial charge in [-0.1, -0.05) is 60.3 Å². The standard InChI is InChI=1S/C31H33Cl2N3O6S/c1-21(31(38)34-23-7-5-6-8-23)35(19-22-11-13-26(32)27(33)17-22)30(37)20-36(43(39,40)25-9-3-2-4-10-25)24-12-14-28-29(18-24)42-16-15-41-28/h2-4,9-14,17-18,21,23H,5-8,15-16,19-20H2,1H3,(H,34,38)/t21-/m0/s1. The second-order valence-electron chi connectivity index (χ2n) is 10.6. The zero-order chi connectivity index (χ0) is 30.6. The summed E-state index contributed by atoms with van der Waals surface area (Å²) in [6.07, 6.45) is 3.83. The highest BCUT2D eigenvalue weighted by Gasteiger charge is 2.34. The van der Waals surface area contributed by atoms with Crippen molar-refractivity contribution in [2.45, 2.75) is 56.1 Å². The lowest BCUT2D eigenvalue weighted by atomic mass is 10.1. The Balaban J connectivity index is 1.50. The predicted molar refractivity (Wildman–Crippen MR) is 165 cm³/mol. The number of ether oxygens (including phenoxy) is 2. The Labute approximate surface area is 261 Å². The predicted octanol–water partition coefficient (Wildman–Crippen LogP) is 5.44. The van der Waals surface area contributed by atoms with Crippen LogP contribution in [0.5, 0.6) is 11.5 Å². The Morgan fingerprint density at radius 3 is 2.33 bits per heavy atom. The minimum Gasteiger partial charge on any atom is -0.486 e. The SMILES string of the molecule is C[C@@H](C(=O)NC1CCCC1)N(Cc1ccc(Cl)c(Cl)c1)C(=O)CN(c1ccc2c(c1)OCCO2)S(=O)(=O)c1ccccc1. The van der Waals surface area contributed by atoms with Crippen LogP contribution in [0.3, 0.4) is 0 Å². The van der Waals surface area contributed by atoms with E-state index in [9.17, 15) is 18.0 Å². The molecule has 9 nitrogen and oxygen atoms in total. The topological polar surface area (TPSA) is 105 Å². The van der Waals surface area contributed by atoms with E-state index in [1.54, 1.807) is 61.5 Å². The highest BCUT2D eigenvalue weighted by Crippen LogP contribution is 2.36. The minimum absolute atomic E-state index is 0.00926. The maximum absolute atomic E-state index is 14.2. The summed E-state index contributed by atoms with van der Waals surface area (Å²) >= 11 is 12.4. The van der Waals surface area contributed by atoms with E-state index in [-0.39, 0.29) is 29.1 Å². The van der Waals surface area contributed by atoms with E-state index >= 15 is 0 Å². The summed E-state index contributed by atoms with van der Waals surface area (Å²) in [4.78, 5) is 28.9. The van der Waals surface area contributed by atoms with Crippen LogP contribution in [0.15, 0.2) is 71.6 Å². The van der Waals surface area contributed by atoms with Gasteiger partial charge in [0, 0.05) is 18.7 Å². The number of halogens is 2. The lowest BCUT2D eigenvalue weighted by molar-refractivity contribution is -0.139. The smallest absolute Gasteiger partial charge is 0.264 e. The summed E-state index contributed by atoms with van der Waals surface area (Å²) in [5.41, 5.74) is 0.860. The van der Waals surface area contributed by atoms with Crippen LogP contribution in [0.4, 0.5) is 5.69 Å². The molecule has 0 bridgehead atoms. The van der Waals surface area contributed by atoms with Gasteiger partial charge in [-0.05, 0) is 61.7 Å². The van der Waals surface area contributed by atoms with E-state index in [1.165, 1.54) is 17.0 Å².